The van der Waals surface area contributed by atoms with E-state index in [0.29, 0.717) is 5.78 Å². The van der Waals surface area contributed by atoms with Gasteiger partial charge in [0.1, 0.15) is 0 Å². The Bertz CT molecular complexity index is 305. The molecule has 21 heavy (non-hydrogen) atoms. The van der Waals surface area contributed by atoms with E-state index in [1.807, 2.05) is 0 Å². The van der Waals surface area contributed by atoms with E-state index < -0.39 is 18.4 Å². The van der Waals surface area contributed by atoms with Crippen LogP contribution in [0.15, 0.2) is 11.1 Å². The van der Waals surface area contributed by atoms with Gasteiger partial charge in [-0.3, -0.25) is 0 Å². The van der Waals surface area contributed by atoms with Gasteiger partial charge in [0.05, 0.1) is 0 Å². The molecule has 0 spiro atoms. The summed E-state index contributed by atoms with van der Waals surface area (Å²) in [5.41, 5.74) is 2.46. The molecule has 0 heterocycles. The molecule has 1 nitrogen and oxygen atoms in total. The maximum absolute atomic E-state index is 12.1. The zero-order valence-corrected chi connectivity index (χ0v) is 18.3. The maximum atomic E-state index is 12.1. The standard InChI is InChI=1S/C7H11O.3C4H9.Sn/c1-5(2)6(3)7(4)8;3*1-3-4-2;/h3H2,1-2,4H3;3*1,3-4H2,2H3;. The first-order valence-electron chi connectivity index (χ1n) is 9.09. The van der Waals surface area contributed by atoms with Crippen molar-refractivity contribution in [2.45, 2.75) is 97.8 Å². The summed E-state index contributed by atoms with van der Waals surface area (Å²) in [7, 11) is 0. The van der Waals surface area contributed by atoms with E-state index in [1.54, 1.807) is 6.92 Å². The monoisotopic (exact) mass is 402 g/mol. The van der Waals surface area contributed by atoms with E-state index in [2.05, 4.69) is 34.6 Å². The minimum atomic E-state index is -2.19. The molecule has 2 heteroatoms. The van der Waals surface area contributed by atoms with Crippen LogP contribution in [-0.4, -0.2) is 24.2 Å². The summed E-state index contributed by atoms with van der Waals surface area (Å²) in [6, 6.07) is 0. The van der Waals surface area contributed by atoms with Crippen molar-refractivity contribution in [3.63, 3.8) is 0 Å². The van der Waals surface area contributed by atoms with Crippen LogP contribution in [0.3, 0.4) is 0 Å². The summed E-state index contributed by atoms with van der Waals surface area (Å²) in [4.78, 5) is 12.1. The van der Waals surface area contributed by atoms with Crippen LogP contribution in [0.4, 0.5) is 0 Å². The first kappa shape index (κ1) is 21.2. The molecular formula is C19H38OSn. The van der Waals surface area contributed by atoms with Crippen molar-refractivity contribution < 1.29 is 4.79 Å². The van der Waals surface area contributed by atoms with Crippen LogP contribution in [0.2, 0.25) is 17.7 Å². The van der Waals surface area contributed by atoms with E-state index in [-0.39, 0.29) is 0 Å². The molecule has 0 saturated carbocycles. The van der Waals surface area contributed by atoms with Gasteiger partial charge in [-0.05, 0) is 0 Å². The molecule has 0 aliphatic heterocycles. The van der Waals surface area contributed by atoms with Crippen LogP contribution in [0, 0.1) is 0 Å². The topological polar surface area (TPSA) is 17.1 Å². The van der Waals surface area contributed by atoms with Crippen LogP contribution in [-0.2, 0) is 4.79 Å². The Hall–Kier alpha value is 0.209. The van der Waals surface area contributed by atoms with Crippen LogP contribution < -0.4 is 0 Å². The van der Waals surface area contributed by atoms with Crippen molar-refractivity contribution in [1.82, 2.24) is 0 Å². The third kappa shape index (κ3) is 8.42. The van der Waals surface area contributed by atoms with Crippen LogP contribution in [0.25, 0.3) is 0 Å². The third-order valence-electron chi connectivity index (χ3n) is 4.76. The number of hydrogen-bond donors (Lipinski definition) is 0. The molecule has 0 saturated heterocycles. The molecule has 0 unspecified atom stereocenters. The Kier molecular flexibility index (Phi) is 11.9. The van der Waals surface area contributed by atoms with E-state index >= 15 is 0 Å². The van der Waals surface area contributed by atoms with Gasteiger partial charge in [-0.2, -0.15) is 0 Å². The van der Waals surface area contributed by atoms with Crippen molar-refractivity contribution >= 4 is 24.2 Å². The fourth-order valence-electron chi connectivity index (χ4n) is 3.32. The van der Waals surface area contributed by atoms with E-state index in [9.17, 15) is 4.79 Å². The summed E-state index contributed by atoms with van der Waals surface area (Å²) in [5, 5.41) is 0. The number of allylic oxidation sites excluding steroid dienone is 2. The van der Waals surface area contributed by atoms with Gasteiger partial charge in [0, 0.05) is 0 Å². The Morgan fingerprint density at radius 3 is 1.38 bits per heavy atom. The van der Waals surface area contributed by atoms with E-state index in [0.717, 1.165) is 0 Å². The zero-order chi connectivity index (χ0) is 16.3. The Labute approximate surface area is 137 Å². The number of carbonyl (C=O) groups is 1. The molecule has 0 rings (SSSR count). The molecule has 0 aromatic heterocycles. The Morgan fingerprint density at radius 1 is 0.762 bits per heavy atom. The molecule has 0 bridgehead atoms. The summed E-state index contributed by atoms with van der Waals surface area (Å²) in [6.07, 6.45) is 8.08. The van der Waals surface area contributed by atoms with E-state index in [4.69, 9.17) is 0 Å². The molecule has 0 aliphatic carbocycles. The van der Waals surface area contributed by atoms with Gasteiger partial charge >= 0.3 is 138 Å². The normalized spacial score (nSPS) is 11.5. The van der Waals surface area contributed by atoms with Crippen molar-refractivity contribution in [3.05, 3.63) is 11.1 Å². The molecule has 0 aromatic carbocycles. The van der Waals surface area contributed by atoms with Gasteiger partial charge in [-0.15, -0.1) is 0 Å². The van der Waals surface area contributed by atoms with Gasteiger partial charge in [0.2, 0.25) is 0 Å². The number of Topliss-reactive ketones (excluding diaryl/α,β-unsaturated/α-hetero) is 1. The number of rotatable bonds is 12. The predicted molar refractivity (Wildman–Crippen MR) is 98.8 cm³/mol. The molecule has 0 amide bonds. The van der Waals surface area contributed by atoms with Crippen molar-refractivity contribution in [1.29, 1.82) is 0 Å². The Morgan fingerprint density at radius 2 is 1.14 bits per heavy atom. The third-order valence-corrected chi connectivity index (χ3v) is 20.0. The fraction of sp³-hybridized carbons (Fsp3) is 0.842. The molecular weight excluding hydrogens is 363 g/mol. The average Bonchev–Trinajstić information content (AvgIpc) is 2.45. The molecule has 0 N–H and O–H groups in total. The van der Waals surface area contributed by atoms with Gasteiger partial charge in [0.25, 0.3) is 0 Å². The first-order chi connectivity index (χ1) is 9.92. The van der Waals surface area contributed by atoms with Gasteiger partial charge in [-0.1, -0.05) is 0 Å². The molecule has 0 radical (unpaired) electrons. The second kappa shape index (κ2) is 11.7. The predicted octanol–water partition coefficient (Wildman–Crippen LogP) is 6.76. The zero-order valence-electron chi connectivity index (χ0n) is 15.5. The summed E-state index contributed by atoms with van der Waals surface area (Å²) < 4.78 is 5.70. The van der Waals surface area contributed by atoms with Crippen molar-refractivity contribution in [3.8, 4) is 0 Å². The van der Waals surface area contributed by atoms with Gasteiger partial charge < -0.3 is 0 Å². The Balaban J connectivity index is 5.28. The first-order valence-corrected chi connectivity index (χ1v) is 17.2. The van der Waals surface area contributed by atoms with Crippen LogP contribution in [0.1, 0.15) is 80.1 Å². The number of hydrogen-bond acceptors (Lipinski definition) is 1. The van der Waals surface area contributed by atoms with Crippen LogP contribution in [0.5, 0.6) is 0 Å². The molecule has 0 atom stereocenters. The molecule has 0 aromatic rings. The molecule has 0 fully saturated rings. The SMILES string of the molecule is CCC[CH2][Sn]([CH2]CCC)([CH2]CCC)[CH2]C(C(C)=O)=C(C)C. The number of carbonyl (C=O) groups excluding carboxylic acids is 1. The summed E-state index contributed by atoms with van der Waals surface area (Å²) in [6.45, 7) is 13.0. The number of ketones is 1. The second-order valence-corrected chi connectivity index (χ2v) is 20.9. The quantitative estimate of drug-likeness (QED) is 0.261. The summed E-state index contributed by atoms with van der Waals surface area (Å²) in [5.74, 6) is 0.334. The summed E-state index contributed by atoms with van der Waals surface area (Å²) >= 11 is -2.19. The van der Waals surface area contributed by atoms with Crippen LogP contribution >= 0.6 is 0 Å². The second-order valence-electron chi connectivity index (χ2n) is 7.02. The van der Waals surface area contributed by atoms with Crippen molar-refractivity contribution in [2.24, 2.45) is 0 Å². The molecule has 124 valence electrons. The van der Waals surface area contributed by atoms with Crippen molar-refractivity contribution in [2.75, 3.05) is 0 Å². The molecule has 0 aliphatic rings. The van der Waals surface area contributed by atoms with Gasteiger partial charge in [0.15, 0.2) is 0 Å². The fourth-order valence-corrected chi connectivity index (χ4v) is 20.3. The minimum absolute atomic E-state index is 0.334. The van der Waals surface area contributed by atoms with E-state index in [1.165, 1.54) is 67.4 Å². The average molecular weight is 401 g/mol. The van der Waals surface area contributed by atoms with Gasteiger partial charge in [-0.25, -0.2) is 0 Å². The number of unbranched alkanes of at least 4 members (excludes halogenated alkanes) is 3.